The van der Waals surface area contributed by atoms with Crippen molar-refractivity contribution in [3.63, 3.8) is 0 Å². The molecule has 2 unspecified atom stereocenters. The molecule has 2 aromatic carbocycles. The molecule has 0 spiro atoms. The molecule has 3 rings (SSSR count). The van der Waals surface area contributed by atoms with Crippen molar-refractivity contribution in [2.75, 3.05) is 17.3 Å². The summed E-state index contributed by atoms with van der Waals surface area (Å²) in [5.74, 6) is 0.492. The molecular formula is C25H30O5S2. The highest BCUT2D eigenvalue weighted by Gasteiger charge is 2.40. The lowest BCUT2D eigenvalue weighted by atomic mass is 10.0. The average Bonchev–Trinajstić information content (AvgIpc) is 3.04. The largest absolute Gasteiger partial charge is 0.481 e. The quantitative estimate of drug-likeness (QED) is 0.317. The molecule has 0 aliphatic heterocycles. The lowest BCUT2D eigenvalue weighted by Crippen LogP contribution is -2.22. The van der Waals surface area contributed by atoms with E-state index in [1.165, 1.54) is 39.9 Å². The summed E-state index contributed by atoms with van der Waals surface area (Å²) < 4.78 is 0. The number of Topliss-reactive ketones (excluding diaryl/α,β-unsaturated/α-hetero) is 1. The van der Waals surface area contributed by atoms with Crippen LogP contribution in [0.1, 0.15) is 24.8 Å². The molecular weight excluding hydrogens is 444 g/mol. The summed E-state index contributed by atoms with van der Waals surface area (Å²) in [6.45, 7) is 0. The van der Waals surface area contributed by atoms with Crippen molar-refractivity contribution in [3.05, 3.63) is 60.2 Å². The van der Waals surface area contributed by atoms with Crippen LogP contribution in [0.3, 0.4) is 0 Å². The topological polar surface area (TPSA) is 94.8 Å². The molecule has 1 aliphatic rings. The van der Waals surface area contributed by atoms with E-state index in [0.717, 1.165) is 24.3 Å². The maximum atomic E-state index is 12.3. The second kappa shape index (κ2) is 12.4. The molecule has 1 saturated carbocycles. The predicted octanol–water partition coefficient (Wildman–Crippen LogP) is 3.95. The van der Waals surface area contributed by atoms with E-state index in [2.05, 4.69) is 30.3 Å². The fraction of sp³-hybridized carbons (Fsp3) is 0.440. The Labute approximate surface area is 197 Å². The van der Waals surface area contributed by atoms with E-state index in [-0.39, 0.29) is 29.1 Å². The lowest BCUT2D eigenvalue weighted by Gasteiger charge is -2.17. The van der Waals surface area contributed by atoms with E-state index < -0.39 is 18.2 Å². The second-order valence-electron chi connectivity index (χ2n) is 8.08. The number of thioether (sulfide) groups is 2. The van der Waals surface area contributed by atoms with Crippen molar-refractivity contribution in [2.45, 2.75) is 43.1 Å². The number of hydrogen-bond donors (Lipinski definition) is 3. The normalized spacial score (nSPS) is 22.1. The summed E-state index contributed by atoms with van der Waals surface area (Å²) in [7, 11) is 0. The fourth-order valence-electron chi connectivity index (χ4n) is 3.90. The summed E-state index contributed by atoms with van der Waals surface area (Å²) in [5, 5.41) is 31.5. The molecule has 7 heteroatoms. The van der Waals surface area contributed by atoms with Gasteiger partial charge in [-0.3, -0.25) is 9.59 Å². The number of aryl methyl sites for hydroxylation is 1. The molecule has 1 aliphatic carbocycles. The van der Waals surface area contributed by atoms with Crippen LogP contribution >= 0.6 is 23.5 Å². The SMILES string of the molecule is O=C(O)CSCCCS[C@H]1C(=O)CC(O)[C@@H]1/C=C/C(O)CCc1ccc2ccccc2c1. The van der Waals surface area contributed by atoms with E-state index in [1.54, 1.807) is 12.2 Å². The number of hydrogen-bond acceptors (Lipinski definition) is 6. The monoisotopic (exact) mass is 474 g/mol. The van der Waals surface area contributed by atoms with Crippen LogP contribution in [-0.2, 0) is 16.0 Å². The van der Waals surface area contributed by atoms with E-state index >= 15 is 0 Å². The molecule has 1 fully saturated rings. The van der Waals surface area contributed by atoms with Crippen molar-refractivity contribution in [1.82, 2.24) is 0 Å². The van der Waals surface area contributed by atoms with Gasteiger partial charge in [-0.1, -0.05) is 54.6 Å². The van der Waals surface area contributed by atoms with E-state index in [4.69, 9.17) is 5.11 Å². The Morgan fingerprint density at radius 3 is 2.72 bits per heavy atom. The van der Waals surface area contributed by atoms with Gasteiger partial charge < -0.3 is 15.3 Å². The van der Waals surface area contributed by atoms with Crippen molar-refractivity contribution >= 4 is 46.0 Å². The van der Waals surface area contributed by atoms with Crippen LogP contribution in [0.4, 0.5) is 0 Å². The molecule has 5 nitrogen and oxygen atoms in total. The zero-order chi connectivity index (χ0) is 22.9. The summed E-state index contributed by atoms with van der Waals surface area (Å²) >= 11 is 2.89. The van der Waals surface area contributed by atoms with Crippen molar-refractivity contribution in [1.29, 1.82) is 0 Å². The third-order valence-electron chi connectivity index (χ3n) is 5.58. The molecule has 2 aromatic rings. The number of carbonyl (C=O) groups is 2. The minimum absolute atomic E-state index is 0.0426. The first-order chi connectivity index (χ1) is 15.4. The number of aliphatic carboxylic acids is 1. The Kier molecular flexibility index (Phi) is 9.66. The molecule has 172 valence electrons. The van der Waals surface area contributed by atoms with E-state index in [1.807, 2.05) is 12.1 Å². The van der Waals surface area contributed by atoms with Gasteiger partial charge in [-0.15, -0.1) is 11.8 Å². The number of aliphatic hydroxyl groups excluding tert-OH is 2. The van der Waals surface area contributed by atoms with Gasteiger partial charge in [-0.05, 0) is 47.1 Å². The lowest BCUT2D eigenvalue weighted by molar-refractivity contribution is -0.133. The first kappa shape index (κ1) is 24.8. The van der Waals surface area contributed by atoms with Gasteiger partial charge in [0.2, 0.25) is 0 Å². The van der Waals surface area contributed by atoms with Gasteiger partial charge in [-0.25, -0.2) is 0 Å². The number of carboxylic acid groups (broad SMARTS) is 1. The summed E-state index contributed by atoms with van der Waals surface area (Å²) in [6, 6.07) is 14.5. The molecule has 0 saturated heterocycles. The highest BCUT2D eigenvalue weighted by Crippen LogP contribution is 2.34. The van der Waals surface area contributed by atoms with E-state index in [9.17, 15) is 19.8 Å². The van der Waals surface area contributed by atoms with Gasteiger partial charge >= 0.3 is 5.97 Å². The number of rotatable bonds is 12. The van der Waals surface area contributed by atoms with Gasteiger partial charge in [-0.2, -0.15) is 11.8 Å². The van der Waals surface area contributed by atoms with Crippen LogP contribution in [0.15, 0.2) is 54.6 Å². The fourth-order valence-corrected chi connectivity index (χ4v) is 6.09. The highest BCUT2D eigenvalue weighted by molar-refractivity contribution is 8.01. The number of aliphatic hydroxyl groups is 2. The zero-order valence-electron chi connectivity index (χ0n) is 17.9. The van der Waals surface area contributed by atoms with Crippen LogP contribution in [0.2, 0.25) is 0 Å². The molecule has 0 heterocycles. The Balaban J connectivity index is 1.47. The second-order valence-corrected chi connectivity index (χ2v) is 10.4. The Hall–Kier alpha value is -1.80. The molecule has 32 heavy (non-hydrogen) atoms. The van der Waals surface area contributed by atoms with Crippen LogP contribution in [-0.4, -0.2) is 61.8 Å². The van der Waals surface area contributed by atoms with Crippen molar-refractivity contribution < 1.29 is 24.9 Å². The van der Waals surface area contributed by atoms with Gasteiger partial charge in [0.15, 0.2) is 0 Å². The molecule has 0 amide bonds. The Morgan fingerprint density at radius 2 is 1.94 bits per heavy atom. The van der Waals surface area contributed by atoms with Gasteiger partial charge in [0.05, 0.1) is 23.2 Å². The van der Waals surface area contributed by atoms with Crippen molar-refractivity contribution in [3.8, 4) is 0 Å². The molecule has 3 N–H and O–H groups in total. The smallest absolute Gasteiger partial charge is 0.313 e. The van der Waals surface area contributed by atoms with Crippen LogP contribution in [0.5, 0.6) is 0 Å². The molecule has 0 radical (unpaired) electrons. The molecule has 0 aromatic heterocycles. The molecule has 4 atom stereocenters. The minimum atomic E-state index is -0.818. The van der Waals surface area contributed by atoms with Crippen LogP contribution in [0, 0.1) is 5.92 Å². The number of ketones is 1. The third-order valence-corrected chi connectivity index (χ3v) is 8.06. The van der Waals surface area contributed by atoms with E-state index in [0.29, 0.717) is 6.42 Å². The predicted molar refractivity (Wildman–Crippen MR) is 132 cm³/mol. The highest BCUT2D eigenvalue weighted by atomic mass is 32.2. The van der Waals surface area contributed by atoms with Gasteiger partial charge in [0.25, 0.3) is 0 Å². The molecule has 0 bridgehead atoms. The van der Waals surface area contributed by atoms with Crippen molar-refractivity contribution in [2.24, 2.45) is 5.92 Å². The summed E-state index contributed by atoms with van der Waals surface area (Å²) in [6.07, 6.45) is 4.44. The first-order valence-electron chi connectivity index (χ1n) is 10.9. The Bertz CT molecular complexity index is 945. The third kappa shape index (κ3) is 7.37. The maximum Gasteiger partial charge on any atom is 0.313 e. The first-order valence-corrected chi connectivity index (χ1v) is 13.1. The van der Waals surface area contributed by atoms with Crippen LogP contribution < -0.4 is 0 Å². The maximum absolute atomic E-state index is 12.3. The summed E-state index contributed by atoms with van der Waals surface area (Å²) in [4.78, 5) is 22.8. The number of carbonyl (C=O) groups excluding carboxylic acids is 1. The standard InChI is InChI=1S/C25H30O5S2/c26-20(9-7-17-6-8-18-4-1-2-5-19(18)14-17)10-11-21-22(27)15-23(28)25(21)32-13-3-12-31-16-24(29)30/h1-2,4-6,8,10-11,14,20-22,25-27H,3,7,9,12-13,15-16H2,(H,29,30)/b11-10+/t20?,21-,22?,25+/m0/s1. The van der Waals surface area contributed by atoms with Gasteiger partial charge in [0.1, 0.15) is 5.78 Å². The van der Waals surface area contributed by atoms with Crippen LogP contribution in [0.25, 0.3) is 10.8 Å². The number of benzene rings is 2. The number of fused-ring (bicyclic) bond motifs is 1. The number of carboxylic acids is 1. The average molecular weight is 475 g/mol. The Morgan fingerprint density at radius 1 is 1.16 bits per heavy atom. The minimum Gasteiger partial charge on any atom is -0.481 e. The zero-order valence-corrected chi connectivity index (χ0v) is 19.6. The summed E-state index contributed by atoms with van der Waals surface area (Å²) in [5.41, 5.74) is 1.17. The van der Waals surface area contributed by atoms with Gasteiger partial charge in [0, 0.05) is 12.3 Å².